The maximum absolute atomic E-state index is 15.1. The van der Waals surface area contributed by atoms with Crippen molar-refractivity contribution >= 4 is 38.2 Å². The lowest BCUT2D eigenvalue weighted by Crippen LogP contribution is -2.28. The molecule has 1 aliphatic carbocycles. The van der Waals surface area contributed by atoms with Crippen LogP contribution in [0.15, 0.2) is 21.8 Å². The Morgan fingerprint density at radius 2 is 2.00 bits per heavy atom. The first-order valence-electron chi connectivity index (χ1n) is 9.39. The zero-order valence-corrected chi connectivity index (χ0v) is 17.4. The highest BCUT2D eigenvalue weighted by molar-refractivity contribution is 7.90. The van der Waals surface area contributed by atoms with Crippen molar-refractivity contribution in [3.63, 3.8) is 0 Å². The van der Waals surface area contributed by atoms with Crippen LogP contribution in [0.5, 0.6) is 0 Å². The number of halogens is 2. The monoisotopic (exact) mass is 427 g/mol. The Kier molecular flexibility index (Phi) is 4.92. The van der Waals surface area contributed by atoms with E-state index in [9.17, 15) is 13.2 Å². The second-order valence-corrected chi connectivity index (χ2v) is 10.1. The molecule has 0 spiro atoms. The number of nitrogens with zero attached hydrogens (tertiary/aromatic N) is 2. The van der Waals surface area contributed by atoms with Crippen LogP contribution in [-0.2, 0) is 9.84 Å². The molecule has 2 aromatic rings. The average Bonchev–Trinajstić information content (AvgIpc) is 3.34. The van der Waals surface area contributed by atoms with Crippen molar-refractivity contribution in [3.05, 3.63) is 33.9 Å². The molecule has 6 nitrogen and oxygen atoms in total. The van der Waals surface area contributed by atoms with E-state index in [0.29, 0.717) is 47.7 Å². The molecule has 9 heteroatoms. The molecular weight excluding hydrogens is 405 g/mol. The van der Waals surface area contributed by atoms with Gasteiger partial charge in [0.15, 0.2) is 9.84 Å². The first kappa shape index (κ1) is 19.7. The van der Waals surface area contributed by atoms with Crippen LogP contribution in [-0.4, -0.2) is 38.9 Å². The first-order valence-corrected chi connectivity index (χ1v) is 11.7. The predicted octanol–water partition coefficient (Wildman–Crippen LogP) is 2.76. The third-order valence-corrected chi connectivity index (χ3v) is 6.97. The molecule has 1 atom stereocenters. The van der Waals surface area contributed by atoms with Gasteiger partial charge in [-0.3, -0.25) is 4.79 Å². The summed E-state index contributed by atoms with van der Waals surface area (Å²) in [4.78, 5) is 17.3. The van der Waals surface area contributed by atoms with E-state index >= 15 is 4.39 Å². The van der Waals surface area contributed by atoms with Crippen LogP contribution in [0.25, 0.3) is 10.9 Å². The van der Waals surface area contributed by atoms with Crippen molar-refractivity contribution in [3.8, 4) is 0 Å². The Morgan fingerprint density at radius 1 is 1.29 bits per heavy atom. The van der Waals surface area contributed by atoms with Gasteiger partial charge in [0.1, 0.15) is 10.7 Å². The Labute approximate surface area is 168 Å². The van der Waals surface area contributed by atoms with Gasteiger partial charge in [0.25, 0.3) is 5.56 Å². The summed E-state index contributed by atoms with van der Waals surface area (Å²) in [7, 11) is -3.70. The molecule has 0 bridgehead atoms. The molecule has 28 heavy (non-hydrogen) atoms. The number of hydrogen-bond acceptors (Lipinski definition) is 5. The van der Waals surface area contributed by atoms with Gasteiger partial charge in [-0.1, -0.05) is 0 Å². The minimum Gasteiger partial charge on any atom is -0.369 e. The molecule has 0 amide bonds. The van der Waals surface area contributed by atoms with Crippen molar-refractivity contribution < 1.29 is 12.8 Å². The molecule has 1 unspecified atom stereocenters. The van der Waals surface area contributed by atoms with Crippen molar-refractivity contribution in [2.75, 3.05) is 30.8 Å². The van der Waals surface area contributed by atoms with E-state index in [4.69, 9.17) is 11.8 Å². The average molecular weight is 428 g/mol. The van der Waals surface area contributed by atoms with Crippen LogP contribution in [0.4, 0.5) is 10.1 Å². The van der Waals surface area contributed by atoms with E-state index in [1.54, 1.807) is 4.57 Å². The number of sulfone groups is 1. The molecule has 2 aliphatic rings. The van der Waals surface area contributed by atoms with Crippen molar-refractivity contribution in [2.45, 2.75) is 37.1 Å². The summed E-state index contributed by atoms with van der Waals surface area (Å²) < 4.78 is 40.9. The number of hydrogen-bond donors (Lipinski definition) is 1. The summed E-state index contributed by atoms with van der Waals surface area (Å²) in [6.45, 7) is 3.85. The van der Waals surface area contributed by atoms with Crippen molar-refractivity contribution in [1.82, 2.24) is 9.40 Å². The van der Waals surface area contributed by atoms with Gasteiger partial charge in [-0.25, -0.2) is 17.6 Å². The molecule has 1 aromatic carbocycles. The minimum absolute atomic E-state index is 0.0273. The number of rotatable bonds is 5. The van der Waals surface area contributed by atoms with Gasteiger partial charge < -0.3 is 9.47 Å². The van der Waals surface area contributed by atoms with Gasteiger partial charge in [-0.15, -0.1) is 0 Å². The predicted molar refractivity (Wildman–Crippen MR) is 108 cm³/mol. The van der Waals surface area contributed by atoms with Crippen LogP contribution in [0.3, 0.4) is 0 Å². The maximum atomic E-state index is 15.1. The van der Waals surface area contributed by atoms with Crippen LogP contribution >= 0.6 is 11.8 Å². The summed E-state index contributed by atoms with van der Waals surface area (Å²) in [5, 5.41) is 0.448. The summed E-state index contributed by atoms with van der Waals surface area (Å²) >= 11 is 5.62. The lowest BCUT2D eigenvalue weighted by atomic mass is 10.1. The molecule has 2 heterocycles. The highest BCUT2D eigenvalue weighted by Gasteiger charge is 2.32. The number of benzene rings is 1. The second-order valence-electron chi connectivity index (χ2n) is 7.90. The summed E-state index contributed by atoms with van der Waals surface area (Å²) in [5.74, 6) is -0.0739. The largest absolute Gasteiger partial charge is 0.369 e. The lowest BCUT2D eigenvalue weighted by Gasteiger charge is -2.24. The van der Waals surface area contributed by atoms with Crippen LogP contribution in [0.1, 0.15) is 30.9 Å². The van der Waals surface area contributed by atoms with E-state index < -0.39 is 21.2 Å². The molecule has 4 rings (SSSR count). The number of nitrogens with one attached hydrogen (secondary N) is 1. The fourth-order valence-electron chi connectivity index (χ4n) is 4.28. The number of fused-ring (bicyclic) bond motifs is 1. The molecule has 152 valence electrons. The topological polar surface area (TPSA) is 71.4 Å². The van der Waals surface area contributed by atoms with E-state index in [-0.39, 0.29) is 10.9 Å². The fraction of sp³-hybridized carbons (Fsp3) is 0.526. The molecule has 0 radical (unpaired) electrons. The standard InChI is InChI=1S/C19H23ClFN3O3S/c1-11-17-13(7-15(21)18(11)23-6-5-12(10-23)9-22-20)8-16(28(2,26)27)19(25)24(17)14-3-4-14/h7-8,12,14,22H,3-6,9-10H2,1-2H3. The van der Waals surface area contributed by atoms with Crippen LogP contribution < -0.4 is 15.3 Å². The summed E-state index contributed by atoms with van der Waals surface area (Å²) in [5.41, 5.74) is 1.29. The Morgan fingerprint density at radius 3 is 2.61 bits per heavy atom. The van der Waals surface area contributed by atoms with Crippen LogP contribution in [0.2, 0.25) is 0 Å². The van der Waals surface area contributed by atoms with Crippen molar-refractivity contribution in [1.29, 1.82) is 0 Å². The molecule has 1 aromatic heterocycles. The van der Waals surface area contributed by atoms with E-state index in [1.807, 2.05) is 11.8 Å². The number of pyridine rings is 1. The molecule has 2 fully saturated rings. The van der Waals surface area contributed by atoms with Gasteiger partial charge in [-0.05, 0) is 61.6 Å². The SMILES string of the molecule is Cc1c(N2CCC(CNCl)C2)c(F)cc2cc(S(C)(=O)=O)c(=O)n(C3CC3)c12. The molecular formula is C19H23ClFN3O3S. The summed E-state index contributed by atoms with van der Waals surface area (Å²) in [6.07, 6.45) is 3.56. The van der Waals surface area contributed by atoms with E-state index in [2.05, 4.69) is 4.84 Å². The van der Waals surface area contributed by atoms with Gasteiger partial charge in [0, 0.05) is 37.3 Å². The lowest BCUT2D eigenvalue weighted by molar-refractivity contribution is 0.578. The van der Waals surface area contributed by atoms with E-state index in [0.717, 1.165) is 25.5 Å². The quantitative estimate of drug-likeness (QED) is 0.743. The third kappa shape index (κ3) is 3.31. The van der Waals surface area contributed by atoms with Crippen molar-refractivity contribution in [2.24, 2.45) is 5.92 Å². The second kappa shape index (κ2) is 7.00. The van der Waals surface area contributed by atoms with E-state index in [1.165, 1.54) is 12.1 Å². The molecule has 1 saturated carbocycles. The zero-order valence-electron chi connectivity index (χ0n) is 15.8. The third-order valence-electron chi connectivity index (χ3n) is 5.73. The first-order chi connectivity index (χ1) is 13.2. The van der Waals surface area contributed by atoms with Gasteiger partial charge >= 0.3 is 0 Å². The molecule has 1 aliphatic heterocycles. The molecule has 1 saturated heterocycles. The summed E-state index contributed by atoms with van der Waals surface area (Å²) in [6, 6.07) is 2.65. The molecule has 1 N–H and O–H groups in total. The van der Waals surface area contributed by atoms with Gasteiger partial charge in [-0.2, -0.15) is 0 Å². The number of aryl methyl sites for hydroxylation is 1. The highest BCUT2D eigenvalue weighted by atomic mass is 35.5. The van der Waals surface area contributed by atoms with Gasteiger partial charge in [0.2, 0.25) is 0 Å². The number of anilines is 1. The minimum atomic E-state index is -3.70. The fourth-order valence-corrected chi connectivity index (χ4v) is 5.26. The maximum Gasteiger partial charge on any atom is 0.270 e. The Balaban J connectivity index is 1.94. The highest BCUT2D eigenvalue weighted by Crippen LogP contribution is 2.40. The zero-order chi connectivity index (χ0) is 20.2. The smallest absolute Gasteiger partial charge is 0.270 e. The number of aromatic nitrogens is 1. The van der Waals surface area contributed by atoms with Gasteiger partial charge in [0.05, 0.1) is 11.2 Å². The Hall–Kier alpha value is -1.64. The normalized spacial score (nSPS) is 20.3. The Bertz CT molecular complexity index is 1110. The van der Waals surface area contributed by atoms with Crippen LogP contribution in [0, 0.1) is 18.7 Å².